The Morgan fingerprint density at radius 1 is 1.11 bits per heavy atom. The van der Waals surface area contributed by atoms with Gasteiger partial charge in [-0.3, -0.25) is 4.79 Å². The van der Waals surface area contributed by atoms with Crippen LogP contribution in [0, 0.1) is 11.8 Å². The summed E-state index contributed by atoms with van der Waals surface area (Å²) in [7, 11) is 1.93. The lowest BCUT2D eigenvalue weighted by Gasteiger charge is -2.37. The van der Waals surface area contributed by atoms with Crippen LogP contribution < -0.4 is 0 Å². The van der Waals surface area contributed by atoms with E-state index in [0.717, 1.165) is 32.1 Å². The largest absolute Gasteiger partial charge is 0.459 e. The molecule has 28 heavy (non-hydrogen) atoms. The third-order valence-electron chi connectivity index (χ3n) is 6.85. The Bertz CT molecular complexity index is 509. The van der Waals surface area contributed by atoms with E-state index in [-0.39, 0.29) is 18.8 Å². The molecule has 2 atom stereocenters. The maximum Gasteiger partial charge on any atom is 0.288 e. The third-order valence-corrected chi connectivity index (χ3v) is 6.85. The topological polar surface area (TPSA) is 59.0 Å². The van der Waals surface area contributed by atoms with Gasteiger partial charge in [0.25, 0.3) is 5.91 Å². The van der Waals surface area contributed by atoms with E-state index in [9.17, 15) is 4.79 Å². The highest BCUT2D eigenvalue weighted by molar-refractivity contribution is 5.91. The van der Waals surface area contributed by atoms with E-state index >= 15 is 0 Å². The molecule has 0 aromatic rings. The van der Waals surface area contributed by atoms with Crippen molar-refractivity contribution >= 4 is 5.91 Å². The molecule has 2 saturated carbocycles. The summed E-state index contributed by atoms with van der Waals surface area (Å²) in [4.78, 5) is 15.1. The fourth-order valence-electron chi connectivity index (χ4n) is 5.06. The van der Waals surface area contributed by atoms with Gasteiger partial charge in [0, 0.05) is 26.1 Å². The van der Waals surface area contributed by atoms with Crippen LogP contribution in [0.15, 0.2) is 11.8 Å². The highest BCUT2D eigenvalue weighted by Gasteiger charge is 2.35. The number of nitrogens with zero attached hydrogens (tertiary/aromatic N) is 1. The highest BCUT2D eigenvalue weighted by Crippen LogP contribution is 2.37. The van der Waals surface area contributed by atoms with E-state index in [1.54, 1.807) is 0 Å². The lowest BCUT2D eigenvalue weighted by Crippen LogP contribution is -2.42. The summed E-state index contributed by atoms with van der Waals surface area (Å²) in [6, 6.07) is 0.338. The van der Waals surface area contributed by atoms with Gasteiger partial charge in [-0.2, -0.15) is 0 Å². The standard InChI is InChI=1S/C23H39NO4/c1-24(20-12-6-3-7-13-20)23(26)21-16-19(18-10-4-2-5-11-18)17-22(28-21)27-15-9-8-14-25/h16,18-20,22,25H,2-15,17H2,1H3/t19-,22+/m0/s1. The van der Waals surface area contributed by atoms with Crippen molar-refractivity contribution < 1.29 is 19.4 Å². The minimum atomic E-state index is -0.339. The number of hydrogen-bond acceptors (Lipinski definition) is 4. The number of hydrogen-bond donors (Lipinski definition) is 1. The summed E-state index contributed by atoms with van der Waals surface area (Å²) in [5.74, 6) is 1.54. The SMILES string of the molecule is CN(C(=O)C1=C[C@H](C2CCCCC2)C[C@H](OCCCCO)O1)C1CCCCC1. The van der Waals surface area contributed by atoms with Gasteiger partial charge in [-0.1, -0.05) is 38.5 Å². The van der Waals surface area contributed by atoms with Crippen molar-refractivity contribution in [3.05, 3.63) is 11.8 Å². The van der Waals surface area contributed by atoms with Crippen LogP contribution in [-0.4, -0.2) is 48.5 Å². The Hall–Kier alpha value is -1.07. The zero-order chi connectivity index (χ0) is 19.8. The van der Waals surface area contributed by atoms with Gasteiger partial charge in [0.05, 0.1) is 6.61 Å². The minimum absolute atomic E-state index is 0.0244. The summed E-state index contributed by atoms with van der Waals surface area (Å²) in [6.07, 6.45) is 16.5. The zero-order valence-corrected chi connectivity index (χ0v) is 17.6. The fraction of sp³-hybridized carbons (Fsp3) is 0.870. The second kappa shape index (κ2) is 11.2. The van der Waals surface area contributed by atoms with Crippen LogP contribution >= 0.6 is 0 Å². The number of unbranched alkanes of at least 4 members (excludes halogenated alkanes) is 1. The van der Waals surface area contributed by atoms with Gasteiger partial charge in [0.1, 0.15) is 0 Å². The van der Waals surface area contributed by atoms with Crippen LogP contribution in [0.4, 0.5) is 0 Å². The van der Waals surface area contributed by atoms with Crippen LogP contribution in [0.2, 0.25) is 0 Å². The molecule has 0 bridgehead atoms. The van der Waals surface area contributed by atoms with E-state index in [1.165, 1.54) is 51.4 Å². The molecule has 1 heterocycles. The Morgan fingerprint density at radius 3 is 2.46 bits per heavy atom. The number of aliphatic hydroxyl groups excluding tert-OH is 1. The number of amides is 1. The molecule has 3 aliphatic rings. The number of rotatable bonds is 8. The smallest absolute Gasteiger partial charge is 0.288 e. The highest BCUT2D eigenvalue weighted by atomic mass is 16.7. The van der Waals surface area contributed by atoms with Crippen molar-refractivity contribution in [3.8, 4) is 0 Å². The van der Waals surface area contributed by atoms with E-state index in [4.69, 9.17) is 14.6 Å². The first-order chi connectivity index (χ1) is 13.7. The Morgan fingerprint density at radius 2 is 1.79 bits per heavy atom. The number of aliphatic hydroxyl groups is 1. The predicted molar refractivity (Wildman–Crippen MR) is 110 cm³/mol. The molecule has 0 unspecified atom stereocenters. The Kier molecular flexibility index (Phi) is 8.66. The van der Waals surface area contributed by atoms with Gasteiger partial charge in [0.2, 0.25) is 6.29 Å². The molecular formula is C23H39NO4. The number of ether oxygens (including phenoxy) is 2. The molecule has 5 heteroatoms. The molecule has 0 radical (unpaired) electrons. The minimum Gasteiger partial charge on any atom is -0.459 e. The third kappa shape index (κ3) is 5.96. The predicted octanol–water partition coefficient (Wildman–Crippen LogP) is 4.39. The average Bonchev–Trinajstić information content (AvgIpc) is 2.76. The number of likely N-dealkylation sites (N-methyl/N-ethyl adjacent to an activating group) is 1. The molecule has 2 fully saturated rings. The second-order valence-corrected chi connectivity index (χ2v) is 8.89. The summed E-state index contributed by atoms with van der Waals surface area (Å²) in [5, 5.41) is 8.97. The van der Waals surface area contributed by atoms with Gasteiger partial charge in [-0.05, 0) is 56.4 Å². The second-order valence-electron chi connectivity index (χ2n) is 8.89. The fourth-order valence-corrected chi connectivity index (χ4v) is 5.06. The number of carbonyl (C=O) groups excluding carboxylic acids is 1. The van der Waals surface area contributed by atoms with E-state index in [0.29, 0.717) is 30.2 Å². The Balaban J connectivity index is 1.66. The van der Waals surface area contributed by atoms with Crippen LogP contribution in [-0.2, 0) is 14.3 Å². The molecule has 3 rings (SSSR count). The number of carbonyl (C=O) groups is 1. The van der Waals surface area contributed by atoms with Gasteiger partial charge in [-0.25, -0.2) is 0 Å². The normalized spacial score (nSPS) is 27.1. The molecule has 1 aliphatic heterocycles. The van der Waals surface area contributed by atoms with Crippen molar-refractivity contribution in [3.63, 3.8) is 0 Å². The molecule has 2 aliphatic carbocycles. The van der Waals surface area contributed by atoms with Crippen molar-refractivity contribution in [1.82, 2.24) is 4.90 Å². The molecule has 0 spiro atoms. The van der Waals surface area contributed by atoms with Crippen molar-refractivity contribution in [2.24, 2.45) is 11.8 Å². The van der Waals surface area contributed by atoms with E-state index < -0.39 is 0 Å². The van der Waals surface area contributed by atoms with Gasteiger partial charge >= 0.3 is 0 Å². The summed E-state index contributed by atoms with van der Waals surface area (Å²) in [6.45, 7) is 0.762. The lowest BCUT2D eigenvalue weighted by atomic mass is 9.77. The number of allylic oxidation sites excluding steroid dienone is 1. The molecule has 0 aromatic heterocycles. The van der Waals surface area contributed by atoms with Crippen molar-refractivity contribution in [2.45, 2.75) is 95.8 Å². The van der Waals surface area contributed by atoms with Crippen LogP contribution in [0.25, 0.3) is 0 Å². The van der Waals surface area contributed by atoms with Gasteiger partial charge < -0.3 is 19.5 Å². The maximum atomic E-state index is 13.2. The lowest BCUT2D eigenvalue weighted by molar-refractivity contribution is -0.158. The molecular weight excluding hydrogens is 354 g/mol. The molecule has 0 aromatic carbocycles. The average molecular weight is 394 g/mol. The van der Waals surface area contributed by atoms with Crippen LogP contribution in [0.5, 0.6) is 0 Å². The van der Waals surface area contributed by atoms with Gasteiger partial charge in [0.15, 0.2) is 5.76 Å². The quantitative estimate of drug-likeness (QED) is 0.621. The first-order valence-electron chi connectivity index (χ1n) is 11.6. The monoisotopic (exact) mass is 393 g/mol. The van der Waals surface area contributed by atoms with Crippen LogP contribution in [0.3, 0.4) is 0 Å². The summed E-state index contributed by atoms with van der Waals surface area (Å²) < 4.78 is 12.0. The maximum absolute atomic E-state index is 13.2. The Labute approximate surface area is 170 Å². The molecule has 160 valence electrons. The summed E-state index contributed by atoms with van der Waals surface area (Å²) >= 11 is 0. The molecule has 1 amide bonds. The van der Waals surface area contributed by atoms with E-state index in [2.05, 4.69) is 6.08 Å². The van der Waals surface area contributed by atoms with Crippen molar-refractivity contribution in [1.29, 1.82) is 0 Å². The first-order valence-corrected chi connectivity index (χ1v) is 11.6. The van der Waals surface area contributed by atoms with Gasteiger partial charge in [-0.15, -0.1) is 0 Å². The van der Waals surface area contributed by atoms with Crippen molar-refractivity contribution in [2.75, 3.05) is 20.3 Å². The molecule has 1 N–H and O–H groups in total. The molecule has 5 nitrogen and oxygen atoms in total. The summed E-state index contributed by atoms with van der Waals surface area (Å²) in [5.41, 5.74) is 0. The zero-order valence-electron chi connectivity index (χ0n) is 17.6. The molecule has 0 saturated heterocycles. The first kappa shape index (κ1) is 21.6. The van der Waals surface area contributed by atoms with E-state index in [1.807, 2.05) is 11.9 Å². The van der Waals surface area contributed by atoms with Crippen LogP contribution in [0.1, 0.15) is 83.5 Å².